The van der Waals surface area contributed by atoms with Gasteiger partial charge in [0, 0.05) is 6.42 Å². The van der Waals surface area contributed by atoms with Gasteiger partial charge < -0.3 is 10.2 Å². The van der Waals surface area contributed by atoms with Crippen LogP contribution in [0.15, 0.2) is 0 Å². The Morgan fingerprint density at radius 2 is 1.83 bits per heavy atom. The lowest BCUT2D eigenvalue weighted by atomic mass is 9.55. The van der Waals surface area contributed by atoms with Crippen molar-refractivity contribution in [2.45, 2.75) is 51.9 Å². The van der Waals surface area contributed by atoms with E-state index in [0.29, 0.717) is 11.8 Å². The number of fused-ring (bicyclic) bond motifs is 2. The van der Waals surface area contributed by atoms with E-state index >= 15 is 0 Å². The summed E-state index contributed by atoms with van der Waals surface area (Å²) < 4.78 is 0. The topological polar surface area (TPSA) is 74.6 Å². The molecule has 4 heteroatoms. The molecule has 0 unspecified atom stereocenters. The van der Waals surface area contributed by atoms with Crippen LogP contribution in [0.1, 0.15) is 51.9 Å². The van der Waals surface area contributed by atoms with E-state index in [1.54, 1.807) is 0 Å². The van der Waals surface area contributed by atoms with Crippen molar-refractivity contribution in [3.05, 3.63) is 0 Å². The molecule has 4 atom stereocenters. The Bertz CT molecular complexity index is 348. The third-order valence-electron chi connectivity index (χ3n) is 4.62. The van der Waals surface area contributed by atoms with Gasteiger partial charge in [0.15, 0.2) is 0 Å². The van der Waals surface area contributed by atoms with E-state index in [1.807, 2.05) is 0 Å². The van der Waals surface area contributed by atoms with Gasteiger partial charge in [-0.3, -0.25) is 9.59 Å². The standard InChI is InChI=1S/C14H22O4/c1-9-2-10-3-11(4-12(15)16)7-14(5-9,6-10)8-13(17)18/h9-11H,2-8H2,1H3,(H,15,16)(H,17,18)/t9-,10-,11+,14+/m0/s1. The minimum Gasteiger partial charge on any atom is -0.481 e. The maximum atomic E-state index is 11.1. The fourth-order valence-electron chi connectivity index (χ4n) is 4.62. The number of carboxylic acid groups (broad SMARTS) is 2. The predicted molar refractivity (Wildman–Crippen MR) is 66.2 cm³/mol. The number of carbonyl (C=O) groups is 2. The molecule has 2 aliphatic rings. The van der Waals surface area contributed by atoms with Crippen molar-refractivity contribution >= 4 is 11.9 Å². The first-order chi connectivity index (χ1) is 8.38. The van der Waals surface area contributed by atoms with E-state index in [1.165, 1.54) is 0 Å². The summed E-state index contributed by atoms with van der Waals surface area (Å²) in [5, 5.41) is 18.0. The Balaban J connectivity index is 2.12. The molecule has 0 saturated heterocycles. The molecule has 0 aliphatic heterocycles. The summed E-state index contributed by atoms with van der Waals surface area (Å²) in [6.45, 7) is 2.19. The second-order valence-corrected chi connectivity index (χ2v) is 6.59. The molecule has 2 rings (SSSR count). The third-order valence-corrected chi connectivity index (χ3v) is 4.62. The third kappa shape index (κ3) is 3.03. The molecule has 0 aromatic carbocycles. The van der Waals surface area contributed by atoms with Gasteiger partial charge in [-0.15, -0.1) is 0 Å². The van der Waals surface area contributed by atoms with Gasteiger partial charge in [-0.25, -0.2) is 0 Å². The van der Waals surface area contributed by atoms with Crippen LogP contribution in [0.5, 0.6) is 0 Å². The second-order valence-electron chi connectivity index (χ2n) is 6.59. The van der Waals surface area contributed by atoms with Crippen molar-refractivity contribution in [1.82, 2.24) is 0 Å². The van der Waals surface area contributed by atoms with Gasteiger partial charge in [-0.1, -0.05) is 6.92 Å². The first-order valence-corrected chi connectivity index (χ1v) is 6.82. The summed E-state index contributed by atoms with van der Waals surface area (Å²) in [7, 11) is 0. The van der Waals surface area contributed by atoms with Crippen molar-refractivity contribution in [2.24, 2.45) is 23.2 Å². The molecule has 2 aliphatic carbocycles. The number of carboxylic acids is 2. The van der Waals surface area contributed by atoms with Crippen molar-refractivity contribution in [2.75, 3.05) is 0 Å². The van der Waals surface area contributed by atoms with Crippen LogP contribution in [0, 0.1) is 23.2 Å². The zero-order valence-electron chi connectivity index (χ0n) is 10.9. The molecule has 2 N–H and O–H groups in total. The molecule has 0 heterocycles. The summed E-state index contributed by atoms with van der Waals surface area (Å²) in [5.74, 6) is -0.203. The van der Waals surface area contributed by atoms with Crippen LogP contribution in [0.25, 0.3) is 0 Å². The van der Waals surface area contributed by atoms with Crippen molar-refractivity contribution in [1.29, 1.82) is 0 Å². The van der Waals surface area contributed by atoms with Gasteiger partial charge in [0.1, 0.15) is 0 Å². The Kier molecular flexibility index (Phi) is 3.64. The van der Waals surface area contributed by atoms with Crippen LogP contribution >= 0.6 is 0 Å². The molecule has 0 aromatic rings. The lowest BCUT2D eigenvalue weighted by Gasteiger charge is -2.50. The SMILES string of the molecule is C[C@H]1C[C@H]2C[C@H](CC(=O)O)C[C@@](CC(=O)O)(C1)C2. The van der Waals surface area contributed by atoms with Crippen molar-refractivity contribution in [3.63, 3.8) is 0 Å². The Labute approximate surface area is 107 Å². The van der Waals surface area contributed by atoms with Crippen LogP contribution in [-0.4, -0.2) is 22.2 Å². The zero-order chi connectivity index (χ0) is 13.3. The molecule has 0 amide bonds. The summed E-state index contributed by atoms with van der Waals surface area (Å²) in [5.41, 5.74) is -0.132. The molecular formula is C14H22O4. The van der Waals surface area contributed by atoms with Crippen molar-refractivity contribution in [3.8, 4) is 0 Å². The van der Waals surface area contributed by atoms with Crippen LogP contribution in [-0.2, 0) is 9.59 Å². The lowest BCUT2D eigenvalue weighted by Crippen LogP contribution is -2.41. The summed E-state index contributed by atoms with van der Waals surface area (Å²) in [6.07, 6.45) is 5.24. The average molecular weight is 254 g/mol. The molecule has 18 heavy (non-hydrogen) atoms. The number of hydrogen-bond acceptors (Lipinski definition) is 2. The maximum Gasteiger partial charge on any atom is 0.303 e. The molecule has 0 radical (unpaired) electrons. The predicted octanol–water partition coefficient (Wildman–Crippen LogP) is 2.77. The first-order valence-electron chi connectivity index (χ1n) is 6.82. The maximum absolute atomic E-state index is 11.1. The first kappa shape index (κ1) is 13.4. The molecule has 0 aromatic heterocycles. The van der Waals surface area contributed by atoms with E-state index in [0.717, 1.165) is 32.1 Å². The highest BCUT2D eigenvalue weighted by Crippen LogP contribution is 2.55. The number of hydrogen-bond donors (Lipinski definition) is 2. The zero-order valence-corrected chi connectivity index (χ0v) is 10.9. The normalized spacial score (nSPS) is 39.3. The lowest BCUT2D eigenvalue weighted by molar-refractivity contribution is -0.143. The molecule has 102 valence electrons. The minimum absolute atomic E-state index is 0.132. The van der Waals surface area contributed by atoms with E-state index < -0.39 is 11.9 Å². The summed E-state index contributed by atoms with van der Waals surface area (Å²) >= 11 is 0. The van der Waals surface area contributed by atoms with Crippen LogP contribution in [0.3, 0.4) is 0 Å². The van der Waals surface area contributed by atoms with Gasteiger partial charge in [0.05, 0.1) is 6.42 Å². The highest BCUT2D eigenvalue weighted by atomic mass is 16.4. The van der Waals surface area contributed by atoms with Crippen LogP contribution in [0.2, 0.25) is 0 Å². The molecule has 2 bridgehead atoms. The molecular weight excluding hydrogens is 232 g/mol. The van der Waals surface area contributed by atoms with E-state index in [4.69, 9.17) is 10.2 Å². The summed E-state index contributed by atoms with van der Waals surface area (Å²) in [6, 6.07) is 0. The van der Waals surface area contributed by atoms with Crippen LogP contribution < -0.4 is 0 Å². The molecule has 2 saturated carbocycles. The quantitative estimate of drug-likeness (QED) is 0.809. The smallest absolute Gasteiger partial charge is 0.303 e. The summed E-state index contributed by atoms with van der Waals surface area (Å²) in [4.78, 5) is 21.9. The van der Waals surface area contributed by atoms with Gasteiger partial charge in [0.25, 0.3) is 0 Å². The van der Waals surface area contributed by atoms with Gasteiger partial charge in [-0.05, 0) is 55.3 Å². The van der Waals surface area contributed by atoms with E-state index in [2.05, 4.69) is 6.92 Å². The largest absolute Gasteiger partial charge is 0.481 e. The highest BCUT2D eigenvalue weighted by molar-refractivity contribution is 5.68. The average Bonchev–Trinajstić information content (AvgIpc) is 2.10. The minimum atomic E-state index is -0.751. The molecule has 4 nitrogen and oxygen atoms in total. The van der Waals surface area contributed by atoms with Gasteiger partial charge >= 0.3 is 11.9 Å². The van der Waals surface area contributed by atoms with E-state index in [9.17, 15) is 9.59 Å². The van der Waals surface area contributed by atoms with Crippen LogP contribution in [0.4, 0.5) is 0 Å². The Hall–Kier alpha value is -1.06. The van der Waals surface area contributed by atoms with Gasteiger partial charge in [-0.2, -0.15) is 0 Å². The Morgan fingerprint density at radius 1 is 1.11 bits per heavy atom. The fraction of sp³-hybridized carbons (Fsp3) is 0.857. The second kappa shape index (κ2) is 4.90. The molecule has 0 spiro atoms. The van der Waals surface area contributed by atoms with Gasteiger partial charge in [0.2, 0.25) is 0 Å². The highest BCUT2D eigenvalue weighted by Gasteiger charge is 2.46. The Morgan fingerprint density at radius 3 is 2.44 bits per heavy atom. The van der Waals surface area contributed by atoms with Crippen molar-refractivity contribution < 1.29 is 19.8 Å². The number of rotatable bonds is 4. The monoisotopic (exact) mass is 254 g/mol. The van der Waals surface area contributed by atoms with E-state index in [-0.39, 0.29) is 24.2 Å². The fourth-order valence-corrected chi connectivity index (χ4v) is 4.62. The molecule has 2 fully saturated rings. The number of aliphatic carboxylic acids is 2.